The van der Waals surface area contributed by atoms with E-state index in [2.05, 4.69) is 4.90 Å². The van der Waals surface area contributed by atoms with Crippen LogP contribution in [-0.4, -0.2) is 59.3 Å². The second-order valence-electron chi connectivity index (χ2n) is 7.07. The number of carbonyl (C=O) groups is 1. The molecule has 0 atom stereocenters. The van der Waals surface area contributed by atoms with Gasteiger partial charge in [-0.25, -0.2) is 0 Å². The fourth-order valence-corrected chi connectivity index (χ4v) is 3.50. The van der Waals surface area contributed by atoms with E-state index < -0.39 is 0 Å². The molecule has 1 fully saturated rings. The number of Topliss-reactive ketones (excluding diaryl/α,β-unsaturated/α-hetero) is 1. The lowest BCUT2D eigenvalue weighted by molar-refractivity contribution is -0.113. The molecule has 0 spiro atoms. The van der Waals surface area contributed by atoms with Gasteiger partial charge in [-0.3, -0.25) is 9.69 Å². The summed E-state index contributed by atoms with van der Waals surface area (Å²) >= 11 is 0. The van der Waals surface area contributed by atoms with Crippen molar-refractivity contribution in [3.05, 3.63) is 58.7 Å². The second-order valence-corrected chi connectivity index (χ2v) is 7.07. The predicted molar refractivity (Wildman–Crippen MR) is 118 cm³/mol. The molecule has 1 aliphatic heterocycles. The first-order valence-corrected chi connectivity index (χ1v) is 9.57. The third-order valence-corrected chi connectivity index (χ3v) is 4.96. The molecule has 1 saturated heterocycles. The van der Waals surface area contributed by atoms with Crippen molar-refractivity contribution in [3.8, 4) is 23.0 Å². The van der Waals surface area contributed by atoms with E-state index in [-0.39, 0.29) is 5.78 Å². The molecule has 3 rings (SSSR count). The second kappa shape index (κ2) is 9.50. The van der Waals surface area contributed by atoms with Gasteiger partial charge in [0.2, 0.25) is 0 Å². The van der Waals surface area contributed by atoms with Crippen molar-refractivity contribution in [1.82, 2.24) is 4.90 Å². The Kier molecular flexibility index (Phi) is 6.79. The van der Waals surface area contributed by atoms with Crippen molar-refractivity contribution >= 4 is 17.9 Å². The van der Waals surface area contributed by atoms with Crippen LogP contribution in [0, 0.1) is 0 Å². The smallest absolute Gasteiger partial charge is 0.187 e. The number of hydrogen-bond acceptors (Lipinski definition) is 6. The number of ketones is 1. The number of rotatable bonds is 6. The minimum absolute atomic E-state index is 0.0395. The van der Waals surface area contributed by atoms with Crippen molar-refractivity contribution in [1.29, 1.82) is 0 Å². The molecule has 0 amide bonds. The maximum Gasteiger partial charge on any atom is 0.187 e. The van der Waals surface area contributed by atoms with Gasteiger partial charge in [0.15, 0.2) is 28.8 Å². The molecule has 1 aliphatic rings. The maximum atomic E-state index is 13.2. The first-order chi connectivity index (χ1) is 14.5. The summed E-state index contributed by atoms with van der Waals surface area (Å²) < 4.78 is 21.3. The van der Waals surface area contributed by atoms with Crippen molar-refractivity contribution in [2.45, 2.75) is 0 Å². The molecular weight excluding hydrogens is 382 g/mol. The summed E-state index contributed by atoms with van der Waals surface area (Å²) in [6.07, 6.45) is 3.81. The van der Waals surface area contributed by atoms with Crippen LogP contribution in [-0.2, 0) is 4.79 Å². The predicted octanol–water partition coefficient (Wildman–Crippen LogP) is 3.70. The molecule has 30 heavy (non-hydrogen) atoms. The van der Waals surface area contributed by atoms with E-state index in [1.807, 2.05) is 55.6 Å². The van der Waals surface area contributed by atoms with E-state index in [1.54, 1.807) is 28.4 Å². The third-order valence-electron chi connectivity index (χ3n) is 4.96. The van der Waals surface area contributed by atoms with Crippen molar-refractivity contribution in [2.75, 3.05) is 48.6 Å². The van der Waals surface area contributed by atoms with E-state index >= 15 is 0 Å². The van der Waals surface area contributed by atoms with Gasteiger partial charge < -0.3 is 18.9 Å². The van der Waals surface area contributed by atoms with Crippen LogP contribution in [0.15, 0.2) is 47.5 Å². The largest absolute Gasteiger partial charge is 0.493 e. The first-order valence-electron chi connectivity index (χ1n) is 9.57. The van der Waals surface area contributed by atoms with Gasteiger partial charge in [0.25, 0.3) is 0 Å². The molecule has 158 valence electrons. The van der Waals surface area contributed by atoms with Crippen molar-refractivity contribution in [2.24, 2.45) is 0 Å². The van der Waals surface area contributed by atoms with Gasteiger partial charge in [-0.2, -0.15) is 0 Å². The van der Waals surface area contributed by atoms with Gasteiger partial charge in [0.05, 0.1) is 28.4 Å². The lowest BCUT2D eigenvalue weighted by Crippen LogP contribution is -2.34. The summed E-state index contributed by atoms with van der Waals surface area (Å²) in [5, 5.41) is 0. The van der Waals surface area contributed by atoms with Gasteiger partial charge >= 0.3 is 0 Å². The summed E-state index contributed by atoms with van der Waals surface area (Å²) in [7, 11) is 8.38. The van der Waals surface area contributed by atoms with Crippen LogP contribution in [0.1, 0.15) is 11.1 Å². The summed E-state index contributed by atoms with van der Waals surface area (Å²) in [5.74, 6) is 2.60. The fraction of sp³-hybridized carbons (Fsp3) is 0.292. The van der Waals surface area contributed by atoms with Gasteiger partial charge in [-0.1, -0.05) is 12.1 Å². The zero-order valence-corrected chi connectivity index (χ0v) is 18.0. The van der Waals surface area contributed by atoms with Gasteiger partial charge in [-0.15, -0.1) is 0 Å². The minimum atomic E-state index is 0.0395. The van der Waals surface area contributed by atoms with E-state index in [1.165, 1.54) is 0 Å². The molecule has 6 nitrogen and oxygen atoms in total. The number of carbonyl (C=O) groups excluding carboxylic acids is 1. The number of methoxy groups -OCH3 is 4. The van der Waals surface area contributed by atoms with Gasteiger partial charge in [-0.05, 0) is 54.6 Å². The molecule has 0 aromatic heterocycles. The van der Waals surface area contributed by atoms with Gasteiger partial charge in [0.1, 0.15) is 0 Å². The van der Waals surface area contributed by atoms with Crippen LogP contribution in [0.25, 0.3) is 12.2 Å². The highest BCUT2D eigenvalue weighted by Crippen LogP contribution is 2.31. The Morgan fingerprint density at radius 1 is 0.700 bits per heavy atom. The van der Waals surface area contributed by atoms with E-state index in [0.717, 1.165) is 22.3 Å². The molecule has 2 aromatic rings. The molecule has 0 bridgehead atoms. The third kappa shape index (κ3) is 4.66. The van der Waals surface area contributed by atoms with Crippen molar-refractivity contribution < 1.29 is 23.7 Å². The normalized spacial score (nSPS) is 17.3. The molecule has 2 aromatic carbocycles. The summed E-state index contributed by atoms with van der Waals surface area (Å²) in [5.41, 5.74) is 3.22. The van der Waals surface area contributed by atoms with Crippen LogP contribution in [0.2, 0.25) is 0 Å². The summed E-state index contributed by atoms with van der Waals surface area (Å²) in [6, 6.07) is 11.2. The number of piperidine rings is 1. The highest BCUT2D eigenvalue weighted by atomic mass is 16.5. The average molecular weight is 409 g/mol. The SMILES string of the molecule is COc1ccc(/C=C2/CN(C)C/C(=C\c3ccc(OC)c(OC)c3)C2=O)cc1OC. The Bertz CT molecular complexity index is 916. The summed E-state index contributed by atoms with van der Waals surface area (Å²) in [4.78, 5) is 15.3. The Morgan fingerprint density at radius 3 is 1.47 bits per heavy atom. The number of nitrogens with zero attached hydrogens (tertiary/aromatic N) is 1. The van der Waals surface area contributed by atoms with Gasteiger partial charge in [0, 0.05) is 24.2 Å². The molecule has 1 heterocycles. The van der Waals surface area contributed by atoms with Crippen LogP contribution in [0.4, 0.5) is 0 Å². The number of likely N-dealkylation sites (N-methyl/N-ethyl adjacent to an activating group) is 1. The molecule has 0 radical (unpaired) electrons. The fourth-order valence-electron chi connectivity index (χ4n) is 3.50. The number of ether oxygens (including phenoxy) is 4. The Hall–Kier alpha value is -3.25. The van der Waals surface area contributed by atoms with E-state index in [9.17, 15) is 4.79 Å². The lowest BCUT2D eigenvalue weighted by Gasteiger charge is -2.26. The van der Waals surface area contributed by atoms with Crippen LogP contribution in [0.5, 0.6) is 23.0 Å². The molecular formula is C24H27NO5. The number of benzene rings is 2. The lowest BCUT2D eigenvalue weighted by atomic mass is 9.94. The topological polar surface area (TPSA) is 57.2 Å². The highest BCUT2D eigenvalue weighted by Gasteiger charge is 2.24. The zero-order chi connectivity index (χ0) is 21.7. The highest BCUT2D eigenvalue weighted by molar-refractivity contribution is 6.14. The average Bonchev–Trinajstić information content (AvgIpc) is 2.76. The van der Waals surface area contributed by atoms with Crippen LogP contribution >= 0.6 is 0 Å². The number of likely N-dealkylation sites (tertiary alicyclic amines) is 1. The molecule has 0 saturated carbocycles. The molecule has 6 heteroatoms. The first kappa shape index (κ1) is 21.5. The van der Waals surface area contributed by atoms with Crippen molar-refractivity contribution in [3.63, 3.8) is 0 Å². The number of hydrogen-bond donors (Lipinski definition) is 0. The maximum absolute atomic E-state index is 13.2. The zero-order valence-electron chi connectivity index (χ0n) is 18.0. The quantitative estimate of drug-likeness (QED) is 0.678. The Morgan fingerprint density at radius 2 is 1.10 bits per heavy atom. The Balaban J connectivity index is 1.93. The molecule has 0 N–H and O–H groups in total. The van der Waals surface area contributed by atoms with E-state index in [0.29, 0.717) is 36.1 Å². The van der Waals surface area contributed by atoms with Crippen LogP contribution < -0.4 is 18.9 Å². The molecule has 0 aliphatic carbocycles. The minimum Gasteiger partial charge on any atom is -0.493 e. The summed E-state index contributed by atoms with van der Waals surface area (Å²) in [6.45, 7) is 1.16. The Labute approximate surface area is 177 Å². The molecule has 0 unspecified atom stereocenters. The monoisotopic (exact) mass is 409 g/mol. The van der Waals surface area contributed by atoms with E-state index in [4.69, 9.17) is 18.9 Å². The van der Waals surface area contributed by atoms with Crippen LogP contribution in [0.3, 0.4) is 0 Å². The standard InChI is InChI=1S/C24H27NO5/c1-25-14-18(10-16-6-8-20(27-2)22(12-16)29-4)24(26)19(15-25)11-17-7-9-21(28-3)23(13-17)30-5/h6-13H,14-15H2,1-5H3/b18-10-,19-11+.